The van der Waals surface area contributed by atoms with E-state index in [2.05, 4.69) is 23.7 Å². The number of benzene rings is 2. The number of carbonyl (C=O) groups excluding carboxylic acids is 1. The van der Waals surface area contributed by atoms with Gasteiger partial charge >= 0.3 is 0 Å². The van der Waals surface area contributed by atoms with Gasteiger partial charge in [-0.15, -0.1) is 0 Å². The van der Waals surface area contributed by atoms with Crippen molar-refractivity contribution in [3.05, 3.63) is 58.9 Å². The SMILES string of the molecule is CCN(CC)CCN(C(=O)c1ccc(C)c(C)c1)c1nc2ccc(F)cc2s1. The highest BCUT2D eigenvalue weighted by molar-refractivity contribution is 7.22. The summed E-state index contributed by atoms with van der Waals surface area (Å²) < 4.78 is 14.3. The maximum absolute atomic E-state index is 13.6. The van der Waals surface area contributed by atoms with Crippen LogP contribution in [0.3, 0.4) is 0 Å². The standard InChI is InChI=1S/C22H26FN3OS/c1-5-25(6-2)11-12-26(21(27)17-8-7-15(3)16(4)13-17)22-24-19-10-9-18(23)14-20(19)28-22/h7-10,13-14H,5-6,11-12H2,1-4H3. The highest BCUT2D eigenvalue weighted by Crippen LogP contribution is 2.30. The van der Waals surface area contributed by atoms with Gasteiger partial charge < -0.3 is 4.90 Å². The number of hydrogen-bond acceptors (Lipinski definition) is 4. The topological polar surface area (TPSA) is 36.4 Å². The van der Waals surface area contributed by atoms with Crippen LogP contribution in [-0.4, -0.2) is 42.0 Å². The summed E-state index contributed by atoms with van der Waals surface area (Å²) >= 11 is 1.35. The fraction of sp³-hybridized carbons (Fsp3) is 0.364. The number of fused-ring (bicyclic) bond motifs is 1. The van der Waals surface area contributed by atoms with Crippen molar-refractivity contribution in [3.63, 3.8) is 0 Å². The Balaban J connectivity index is 1.97. The monoisotopic (exact) mass is 399 g/mol. The molecular weight excluding hydrogens is 373 g/mol. The van der Waals surface area contributed by atoms with E-state index in [4.69, 9.17) is 0 Å². The predicted octanol–water partition coefficient (Wildman–Crippen LogP) is 5.04. The first-order valence-corrected chi connectivity index (χ1v) is 10.4. The molecule has 0 aliphatic carbocycles. The molecule has 1 aromatic heterocycles. The summed E-state index contributed by atoms with van der Waals surface area (Å²) in [4.78, 5) is 21.9. The van der Waals surface area contributed by atoms with Gasteiger partial charge in [-0.1, -0.05) is 31.3 Å². The Kier molecular flexibility index (Phi) is 6.42. The van der Waals surface area contributed by atoms with E-state index in [1.807, 2.05) is 32.0 Å². The van der Waals surface area contributed by atoms with E-state index < -0.39 is 0 Å². The fourth-order valence-corrected chi connectivity index (χ4v) is 4.11. The summed E-state index contributed by atoms with van der Waals surface area (Å²) in [6.07, 6.45) is 0. The molecule has 1 amide bonds. The maximum Gasteiger partial charge on any atom is 0.260 e. The van der Waals surface area contributed by atoms with Crippen LogP contribution in [0.25, 0.3) is 10.2 Å². The van der Waals surface area contributed by atoms with Crippen molar-refractivity contribution in [2.24, 2.45) is 0 Å². The summed E-state index contributed by atoms with van der Waals surface area (Å²) in [6, 6.07) is 10.3. The predicted molar refractivity (Wildman–Crippen MR) is 115 cm³/mol. The number of nitrogens with zero attached hydrogens (tertiary/aromatic N) is 3. The van der Waals surface area contributed by atoms with Gasteiger partial charge in [0.05, 0.1) is 10.2 Å². The number of aryl methyl sites for hydroxylation is 2. The molecule has 3 rings (SSSR count). The van der Waals surface area contributed by atoms with Gasteiger partial charge in [0.25, 0.3) is 5.91 Å². The lowest BCUT2D eigenvalue weighted by Gasteiger charge is -2.25. The number of amides is 1. The smallest absolute Gasteiger partial charge is 0.260 e. The number of halogens is 1. The van der Waals surface area contributed by atoms with Crippen molar-refractivity contribution in [2.75, 3.05) is 31.1 Å². The van der Waals surface area contributed by atoms with Crippen LogP contribution in [-0.2, 0) is 0 Å². The Morgan fingerprint density at radius 1 is 1.04 bits per heavy atom. The zero-order chi connectivity index (χ0) is 20.3. The maximum atomic E-state index is 13.6. The third kappa shape index (κ3) is 4.39. The molecule has 2 aromatic carbocycles. The average Bonchev–Trinajstić information content (AvgIpc) is 3.09. The molecule has 0 N–H and O–H groups in total. The van der Waals surface area contributed by atoms with Crippen LogP contribution >= 0.6 is 11.3 Å². The average molecular weight is 400 g/mol. The molecule has 0 unspecified atom stereocenters. The molecule has 0 bridgehead atoms. The fourth-order valence-electron chi connectivity index (χ4n) is 3.10. The largest absolute Gasteiger partial charge is 0.302 e. The van der Waals surface area contributed by atoms with Crippen molar-refractivity contribution < 1.29 is 9.18 Å². The second kappa shape index (κ2) is 8.80. The summed E-state index contributed by atoms with van der Waals surface area (Å²) in [6.45, 7) is 11.4. The van der Waals surface area contributed by atoms with E-state index in [0.717, 1.165) is 35.5 Å². The number of anilines is 1. The lowest BCUT2D eigenvalue weighted by atomic mass is 10.1. The summed E-state index contributed by atoms with van der Waals surface area (Å²) in [5, 5.41) is 0.607. The number of hydrogen-bond donors (Lipinski definition) is 0. The second-order valence-corrected chi connectivity index (χ2v) is 7.90. The molecule has 4 nitrogen and oxygen atoms in total. The Morgan fingerprint density at radius 2 is 1.79 bits per heavy atom. The van der Waals surface area contributed by atoms with E-state index >= 15 is 0 Å². The van der Waals surface area contributed by atoms with Gasteiger partial charge in [-0.05, 0) is 68.4 Å². The third-order valence-electron chi connectivity index (χ3n) is 5.10. The molecule has 1 heterocycles. The molecule has 0 radical (unpaired) electrons. The molecule has 0 atom stereocenters. The first-order chi connectivity index (χ1) is 13.4. The molecule has 148 valence electrons. The molecule has 3 aromatic rings. The van der Waals surface area contributed by atoms with Crippen LogP contribution in [0.15, 0.2) is 36.4 Å². The first kappa shape index (κ1) is 20.4. The minimum Gasteiger partial charge on any atom is -0.302 e. The molecule has 6 heteroatoms. The summed E-state index contributed by atoms with van der Waals surface area (Å²) in [5.74, 6) is -0.368. The number of carbonyl (C=O) groups is 1. The lowest BCUT2D eigenvalue weighted by Crippen LogP contribution is -2.38. The van der Waals surface area contributed by atoms with E-state index in [1.54, 1.807) is 11.0 Å². The van der Waals surface area contributed by atoms with Gasteiger partial charge in [-0.25, -0.2) is 9.37 Å². The molecule has 0 aliphatic heterocycles. The molecule has 0 spiro atoms. The Hall–Kier alpha value is -2.31. The van der Waals surface area contributed by atoms with Gasteiger partial charge in [-0.2, -0.15) is 0 Å². The quantitative estimate of drug-likeness (QED) is 0.558. The van der Waals surface area contributed by atoms with Crippen LogP contribution in [0.1, 0.15) is 35.3 Å². The van der Waals surface area contributed by atoms with Crippen LogP contribution < -0.4 is 4.90 Å². The Morgan fingerprint density at radius 3 is 2.46 bits per heavy atom. The zero-order valence-corrected chi connectivity index (χ0v) is 17.6. The van der Waals surface area contributed by atoms with Gasteiger partial charge in [-0.3, -0.25) is 9.69 Å². The Labute approximate surface area is 169 Å². The minimum absolute atomic E-state index is 0.0743. The summed E-state index contributed by atoms with van der Waals surface area (Å²) in [5.41, 5.74) is 3.60. The normalized spacial score (nSPS) is 11.4. The molecule has 0 fully saturated rings. The number of aromatic nitrogens is 1. The number of thiazole rings is 1. The Bertz CT molecular complexity index is 981. The van der Waals surface area contributed by atoms with E-state index in [0.29, 0.717) is 22.8 Å². The van der Waals surface area contributed by atoms with Gasteiger partial charge in [0.1, 0.15) is 5.82 Å². The van der Waals surface area contributed by atoms with Gasteiger partial charge in [0.2, 0.25) is 0 Å². The van der Waals surface area contributed by atoms with Crippen molar-refractivity contribution in [2.45, 2.75) is 27.7 Å². The van der Waals surface area contributed by atoms with E-state index in [1.165, 1.54) is 23.5 Å². The van der Waals surface area contributed by atoms with Crippen LogP contribution in [0.2, 0.25) is 0 Å². The van der Waals surface area contributed by atoms with Crippen molar-refractivity contribution in [1.82, 2.24) is 9.88 Å². The first-order valence-electron chi connectivity index (χ1n) is 9.60. The van der Waals surface area contributed by atoms with Crippen LogP contribution in [0.4, 0.5) is 9.52 Å². The zero-order valence-electron chi connectivity index (χ0n) is 16.8. The molecule has 0 saturated heterocycles. The van der Waals surface area contributed by atoms with Gasteiger partial charge in [0.15, 0.2) is 5.13 Å². The van der Waals surface area contributed by atoms with E-state index in [9.17, 15) is 9.18 Å². The second-order valence-electron chi connectivity index (χ2n) is 6.89. The third-order valence-corrected chi connectivity index (χ3v) is 6.14. The molecule has 0 aliphatic rings. The molecule has 0 saturated carbocycles. The highest BCUT2D eigenvalue weighted by Gasteiger charge is 2.22. The number of likely N-dealkylation sites (N-methyl/N-ethyl adjacent to an activating group) is 1. The minimum atomic E-state index is -0.294. The van der Waals surface area contributed by atoms with Gasteiger partial charge in [0, 0.05) is 18.7 Å². The van der Waals surface area contributed by atoms with Crippen molar-refractivity contribution in [1.29, 1.82) is 0 Å². The van der Waals surface area contributed by atoms with Crippen LogP contribution in [0, 0.1) is 19.7 Å². The summed E-state index contributed by atoms with van der Waals surface area (Å²) in [7, 11) is 0. The highest BCUT2D eigenvalue weighted by atomic mass is 32.1. The van der Waals surface area contributed by atoms with Crippen molar-refractivity contribution >= 4 is 32.6 Å². The van der Waals surface area contributed by atoms with Crippen molar-refractivity contribution in [3.8, 4) is 0 Å². The molecular formula is C22H26FN3OS. The van der Waals surface area contributed by atoms with Crippen LogP contribution in [0.5, 0.6) is 0 Å². The number of rotatable bonds is 7. The lowest BCUT2D eigenvalue weighted by molar-refractivity contribution is 0.0983. The molecule has 28 heavy (non-hydrogen) atoms. The van der Waals surface area contributed by atoms with E-state index in [-0.39, 0.29) is 11.7 Å².